The SMILES string of the molecule is COc1cc(C2SCCS2)ccc1OC(=O)COc1ccccc1-c1ccccc1. The molecule has 0 unspecified atom stereocenters. The van der Waals surface area contributed by atoms with Gasteiger partial charge in [0.05, 0.1) is 11.7 Å². The van der Waals surface area contributed by atoms with Gasteiger partial charge in [0.1, 0.15) is 5.75 Å². The second kappa shape index (κ2) is 9.96. The van der Waals surface area contributed by atoms with Crippen LogP contribution in [-0.4, -0.2) is 31.2 Å². The third-order valence-corrected chi connectivity index (χ3v) is 7.73. The quantitative estimate of drug-likeness (QED) is 0.342. The molecule has 154 valence electrons. The van der Waals surface area contributed by atoms with Crippen LogP contribution in [0.15, 0.2) is 72.8 Å². The third-order valence-electron chi connectivity index (χ3n) is 4.62. The highest BCUT2D eigenvalue weighted by atomic mass is 32.2. The van der Waals surface area contributed by atoms with Crippen molar-refractivity contribution in [2.45, 2.75) is 4.58 Å². The molecular formula is C24H22O4S2. The summed E-state index contributed by atoms with van der Waals surface area (Å²) in [6.45, 7) is -0.191. The van der Waals surface area contributed by atoms with E-state index in [0.29, 0.717) is 21.8 Å². The van der Waals surface area contributed by atoms with Gasteiger partial charge in [0.15, 0.2) is 18.1 Å². The summed E-state index contributed by atoms with van der Waals surface area (Å²) in [5, 5.41) is 0. The Morgan fingerprint density at radius 3 is 2.40 bits per heavy atom. The molecule has 3 aromatic carbocycles. The number of esters is 1. The molecule has 0 aliphatic carbocycles. The number of carbonyl (C=O) groups excluding carboxylic acids is 1. The monoisotopic (exact) mass is 438 g/mol. The molecule has 3 aromatic rings. The van der Waals surface area contributed by atoms with Crippen LogP contribution in [0.3, 0.4) is 0 Å². The van der Waals surface area contributed by atoms with Gasteiger partial charge in [-0.15, -0.1) is 23.5 Å². The van der Waals surface area contributed by atoms with Crippen molar-refractivity contribution in [1.29, 1.82) is 0 Å². The van der Waals surface area contributed by atoms with E-state index in [0.717, 1.165) is 22.6 Å². The standard InChI is InChI=1S/C24H22O4S2/c1-26-22-15-18(24-29-13-14-30-24)11-12-21(22)28-23(25)16-27-20-10-6-5-9-19(20)17-7-3-2-4-8-17/h2-12,15,24H,13-14,16H2,1H3. The Morgan fingerprint density at radius 2 is 1.63 bits per heavy atom. The van der Waals surface area contributed by atoms with Crippen LogP contribution in [-0.2, 0) is 4.79 Å². The third kappa shape index (κ3) is 4.94. The van der Waals surface area contributed by atoms with Gasteiger partial charge in [0.2, 0.25) is 0 Å². The van der Waals surface area contributed by atoms with Gasteiger partial charge in [-0.3, -0.25) is 0 Å². The minimum Gasteiger partial charge on any atom is -0.493 e. The van der Waals surface area contributed by atoms with Crippen LogP contribution in [0, 0.1) is 0 Å². The Hall–Kier alpha value is -2.57. The average Bonchev–Trinajstić information content (AvgIpc) is 3.34. The van der Waals surface area contributed by atoms with E-state index in [4.69, 9.17) is 14.2 Å². The Balaban J connectivity index is 1.42. The van der Waals surface area contributed by atoms with E-state index in [1.807, 2.05) is 90.3 Å². The van der Waals surface area contributed by atoms with Crippen molar-refractivity contribution in [2.75, 3.05) is 25.2 Å². The van der Waals surface area contributed by atoms with Crippen molar-refractivity contribution >= 4 is 29.5 Å². The van der Waals surface area contributed by atoms with E-state index in [-0.39, 0.29) is 6.61 Å². The summed E-state index contributed by atoms with van der Waals surface area (Å²) >= 11 is 3.84. The lowest BCUT2D eigenvalue weighted by Crippen LogP contribution is -2.18. The molecular weight excluding hydrogens is 416 g/mol. The molecule has 0 saturated carbocycles. The number of ether oxygens (including phenoxy) is 3. The molecule has 1 saturated heterocycles. The van der Waals surface area contributed by atoms with Crippen molar-refractivity contribution in [2.24, 2.45) is 0 Å². The smallest absolute Gasteiger partial charge is 0.349 e. The fourth-order valence-corrected chi connectivity index (χ4v) is 6.04. The van der Waals surface area contributed by atoms with Crippen LogP contribution in [0.4, 0.5) is 0 Å². The molecule has 0 bridgehead atoms. The molecule has 30 heavy (non-hydrogen) atoms. The maximum absolute atomic E-state index is 12.4. The lowest BCUT2D eigenvalue weighted by Gasteiger charge is -2.14. The van der Waals surface area contributed by atoms with Crippen LogP contribution < -0.4 is 14.2 Å². The van der Waals surface area contributed by atoms with E-state index < -0.39 is 5.97 Å². The van der Waals surface area contributed by atoms with Crippen molar-refractivity contribution in [1.82, 2.24) is 0 Å². The van der Waals surface area contributed by atoms with Gasteiger partial charge in [-0.05, 0) is 29.3 Å². The molecule has 4 rings (SSSR count). The first-order valence-electron chi connectivity index (χ1n) is 9.63. The number of hydrogen-bond donors (Lipinski definition) is 0. The summed E-state index contributed by atoms with van der Waals surface area (Å²) < 4.78 is 17.2. The fraction of sp³-hybridized carbons (Fsp3) is 0.208. The molecule has 1 heterocycles. The Kier molecular flexibility index (Phi) is 6.87. The molecule has 0 aromatic heterocycles. The first-order valence-corrected chi connectivity index (χ1v) is 11.7. The molecule has 0 radical (unpaired) electrons. The van der Waals surface area contributed by atoms with Crippen LogP contribution >= 0.6 is 23.5 Å². The van der Waals surface area contributed by atoms with Crippen LogP contribution in [0.1, 0.15) is 10.1 Å². The minimum atomic E-state index is -0.478. The molecule has 4 nitrogen and oxygen atoms in total. The normalized spacial score (nSPS) is 13.8. The maximum Gasteiger partial charge on any atom is 0.349 e. The minimum absolute atomic E-state index is 0.191. The van der Waals surface area contributed by atoms with Crippen LogP contribution in [0.2, 0.25) is 0 Å². The maximum atomic E-state index is 12.4. The lowest BCUT2D eigenvalue weighted by atomic mass is 10.1. The van der Waals surface area contributed by atoms with E-state index >= 15 is 0 Å². The second-order valence-electron chi connectivity index (χ2n) is 6.61. The summed E-state index contributed by atoms with van der Waals surface area (Å²) in [4.78, 5) is 12.4. The topological polar surface area (TPSA) is 44.8 Å². The largest absolute Gasteiger partial charge is 0.493 e. The number of methoxy groups -OCH3 is 1. The fourth-order valence-electron chi connectivity index (χ4n) is 3.20. The van der Waals surface area contributed by atoms with E-state index in [1.165, 1.54) is 5.56 Å². The number of benzene rings is 3. The molecule has 1 fully saturated rings. The average molecular weight is 439 g/mol. The summed E-state index contributed by atoms with van der Waals surface area (Å²) in [6, 6.07) is 23.3. The number of carbonyl (C=O) groups is 1. The Labute approximate surface area is 184 Å². The van der Waals surface area contributed by atoms with Gasteiger partial charge in [0.25, 0.3) is 0 Å². The molecule has 0 N–H and O–H groups in total. The zero-order chi connectivity index (χ0) is 20.8. The van der Waals surface area contributed by atoms with Gasteiger partial charge < -0.3 is 14.2 Å². The zero-order valence-corrected chi connectivity index (χ0v) is 18.2. The van der Waals surface area contributed by atoms with Gasteiger partial charge in [0, 0.05) is 17.1 Å². The zero-order valence-electron chi connectivity index (χ0n) is 16.6. The first kappa shape index (κ1) is 20.7. The van der Waals surface area contributed by atoms with Crippen molar-refractivity contribution in [3.05, 3.63) is 78.4 Å². The lowest BCUT2D eigenvalue weighted by molar-refractivity contribution is -0.136. The highest BCUT2D eigenvalue weighted by molar-refractivity contribution is 8.19. The summed E-state index contributed by atoms with van der Waals surface area (Å²) in [7, 11) is 1.58. The van der Waals surface area contributed by atoms with Crippen LogP contribution in [0.25, 0.3) is 11.1 Å². The van der Waals surface area contributed by atoms with Gasteiger partial charge in [-0.2, -0.15) is 0 Å². The van der Waals surface area contributed by atoms with Gasteiger partial charge in [-0.1, -0.05) is 54.6 Å². The number of thioether (sulfide) groups is 2. The van der Waals surface area contributed by atoms with E-state index in [9.17, 15) is 4.79 Å². The first-order chi connectivity index (χ1) is 14.7. The summed E-state index contributed by atoms with van der Waals surface area (Å²) in [5.41, 5.74) is 3.13. The van der Waals surface area contributed by atoms with Crippen molar-refractivity contribution in [3.63, 3.8) is 0 Å². The second-order valence-corrected chi connectivity index (χ2v) is 9.33. The molecule has 0 amide bonds. The molecule has 0 spiro atoms. The number of rotatable bonds is 7. The van der Waals surface area contributed by atoms with Gasteiger partial charge >= 0.3 is 5.97 Å². The van der Waals surface area contributed by atoms with Crippen molar-refractivity contribution in [3.8, 4) is 28.4 Å². The molecule has 1 aliphatic rings. The van der Waals surface area contributed by atoms with E-state index in [2.05, 4.69) is 0 Å². The van der Waals surface area contributed by atoms with E-state index in [1.54, 1.807) is 13.2 Å². The summed E-state index contributed by atoms with van der Waals surface area (Å²) in [6.07, 6.45) is 0. The Bertz CT molecular complexity index is 1000. The molecule has 1 aliphatic heterocycles. The molecule has 6 heteroatoms. The summed E-state index contributed by atoms with van der Waals surface area (Å²) in [5.74, 6) is 3.41. The van der Waals surface area contributed by atoms with Crippen LogP contribution in [0.5, 0.6) is 17.2 Å². The highest BCUT2D eigenvalue weighted by Crippen LogP contribution is 2.47. The predicted molar refractivity (Wildman–Crippen MR) is 124 cm³/mol. The van der Waals surface area contributed by atoms with Gasteiger partial charge in [-0.25, -0.2) is 4.79 Å². The number of hydrogen-bond acceptors (Lipinski definition) is 6. The predicted octanol–water partition coefficient (Wildman–Crippen LogP) is 5.83. The van der Waals surface area contributed by atoms with Crippen molar-refractivity contribution < 1.29 is 19.0 Å². The number of para-hydroxylation sites is 1. The molecule has 0 atom stereocenters. The highest BCUT2D eigenvalue weighted by Gasteiger charge is 2.21. The Morgan fingerprint density at radius 1 is 0.900 bits per heavy atom.